The average molecular weight is 363 g/mol. The van der Waals surface area contributed by atoms with Crippen molar-refractivity contribution in [2.45, 2.75) is 26.2 Å². The first-order chi connectivity index (χ1) is 8.62. The highest BCUT2D eigenvalue weighted by Gasteiger charge is 2.67. The van der Waals surface area contributed by atoms with Crippen LogP contribution in [0.5, 0.6) is 0 Å². The molecule has 0 amide bonds. The second kappa shape index (κ2) is 7.71. The Morgan fingerprint density at radius 2 is 1.42 bits per heavy atom. The van der Waals surface area contributed by atoms with Gasteiger partial charge in [0, 0.05) is 21.3 Å². The van der Waals surface area contributed by atoms with Crippen molar-refractivity contribution >= 4 is 42.8 Å². The van der Waals surface area contributed by atoms with Crippen molar-refractivity contribution in [1.29, 1.82) is 0 Å². The minimum atomic E-state index is -3.58. The zero-order valence-electron chi connectivity index (χ0n) is 12.7. The molecule has 7 nitrogen and oxygen atoms in total. The molecule has 0 aliphatic carbocycles. The molecule has 0 aliphatic rings. The molecule has 12 heteroatoms. The smallest absolute Gasteiger partial charge is 0.440 e. The van der Waals surface area contributed by atoms with Gasteiger partial charge >= 0.3 is 24.5 Å². The molecule has 116 valence electrons. The number of hydrogen-bond acceptors (Lipinski definition) is 7. The van der Waals surface area contributed by atoms with Crippen LogP contribution in [0.15, 0.2) is 0 Å². The van der Waals surface area contributed by atoms with Gasteiger partial charge in [0.05, 0.1) is 0 Å². The van der Waals surface area contributed by atoms with Gasteiger partial charge in [-0.05, 0) is 26.2 Å². The van der Waals surface area contributed by atoms with Gasteiger partial charge in [0.25, 0.3) is 0 Å². The molecule has 0 heterocycles. The summed E-state index contributed by atoms with van der Waals surface area (Å²) in [4.78, 5) is 20.5. The first kappa shape index (κ1) is 19.8. The minimum Gasteiger partial charge on any atom is -0.440 e. The lowest BCUT2D eigenvalue weighted by Gasteiger charge is -2.40. The molecule has 0 aliphatic heterocycles. The third kappa shape index (κ3) is 4.93. The van der Waals surface area contributed by atoms with Crippen LogP contribution >= 0.6 is 0 Å². The third-order valence-corrected chi connectivity index (χ3v) is 26.4. The highest BCUT2D eigenvalue weighted by molar-refractivity contribution is 7.50. The van der Waals surface area contributed by atoms with Gasteiger partial charge in [0.15, 0.2) is 9.04 Å². The van der Waals surface area contributed by atoms with Crippen molar-refractivity contribution in [2.24, 2.45) is 0 Å². The van der Waals surface area contributed by atoms with Crippen LogP contribution in [0.3, 0.4) is 0 Å². The van der Waals surface area contributed by atoms with Crippen molar-refractivity contribution < 1.29 is 31.1 Å². The standard InChI is InChI=1S/C7H26O7Si5/c1-10-19(11-2,12-3)18(9,15-8)14-17(6,7)13-16(4)5/h8-9,16H,15H2,1-7H3. The summed E-state index contributed by atoms with van der Waals surface area (Å²) in [5.41, 5.74) is 0. The average Bonchev–Trinajstić information content (AvgIpc) is 2.29. The predicted octanol–water partition coefficient (Wildman–Crippen LogP) is -1.33. The van der Waals surface area contributed by atoms with Crippen LogP contribution < -0.4 is 0 Å². The highest BCUT2D eigenvalue weighted by atomic mass is 29.7. The topological polar surface area (TPSA) is 86.6 Å². The van der Waals surface area contributed by atoms with E-state index in [9.17, 15) is 9.59 Å². The van der Waals surface area contributed by atoms with Crippen LogP contribution in [0.4, 0.5) is 0 Å². The molecule has 0 saturated heterocycles. The summed E-state index contributed by atoms with van der Waals surface area (Å²) in [6.07, 6.45) is 0. The van der Waals surface area contributed by atoms with Gasteiger partial charge in [-0.25, -0.2) is 0 Å². The normalized spacial score (nSPS) is 17.4. The van der Waals surface area contributed by atoms with E-state index in [1.54, 1.807) is 0 Å². The van der Waals surface area contributed by atoms with Crippen LogP contribution in [-0.4, -0.2) is 73.7 Å². The van der Waals surface area contributed by atoms with Gasteiger partial charge in [-0.3, -0.25) is 0 Å². The first-order valence-corrected chi connectivity index (χ1v) is 19.1. The van der Waals surface area contributed by atoms with E-state index in [2.05, 4.69) is 0 Å². The van der Waals surface area contributed by atoms with E-state index in [1.165, 1.54) is 21.3 Å². The summed E-state index contributed by atoms with van der Waals surface area (Å²) in [6.45, 7) is 7.76. The lowest BCUT2D eigenvalue weighted by Crippen LogP contribution is -2.76. The number of rotatable bonds is 9. The zero-order valence-corrected chi connectivity index (χ0v) is 18.3. The van der Waals surface area contributed by atoms with Gasteiger partial charge in [0.1, 0.15) is 0 Å². The summed E-state index contributed by atoms with van der Waals surface area (Å²) in [6, 6.07) is 0. The molecule has 0 rings (SSSR count). The molecule has 0 fully saturated rings. The summed E-state index contributed by atoms with van der Waals surface area (Å²) in [5, 5.41) is 0. The van der Waals surface area contributed by atoms with Crippen molar-refractivity contribution in [3.05, 3.63) is 0 Å². The second-order valence-electron chi connectivity index (χ2n) is 4.78. The van der Waals surface area contributed by atoms with Crippen molar-refractivity contribution in [2.75, 3.05) is 21.3 Å². The Kier molecular flexibility index (Phi) is 8.04. The SMILES string of the molecule is CO[Si](OC)(OC)[Si](O)(O[Si](C)(C)O[SiH](C)C)[SiH2]O. The van der Waals surface area contributed by atoms with Crippen LogP contribution in [0.1, 0.15) is 0 Å². The third-order valence-electron chi connectivity index (χ3n) is 2.43. The van der Waals surface area contributed by atoms with Crippen LogP contribution in [0, 0.1) is 0 Å². The maximum absolute atomic E-state index is 10.8. The monoisotopic (exact) mass is 362 g/mol. The van der Waals surface area contributed by atoms with E-state index in [1.807, 2.05) is 26.2 Å². The van der Waals surface area contributed by atoms with Crippen LogP contribution in [0.25, 0.3) is 0 Å². The molecule has 0 radical (unpaired) electrons. The predicted molar refractivity (Wildman–Crippen MR) is 84.0 cm³/mol. The van der Waals surface area contributed by atoms with Gasteiger partial charge in [-0.2, -0.15) is 0 Å². The van der Waals surface area contributed by atoms with Crippen LogP contribution in [-0.2, 0) is 21.5 Å². The maximum Gasteiger partial charge on any atom is 0.535 e. The van der Waals surface area contributed by atoms with E-state index in [0.29, 0.717) is 0 Å². The molecular formula is C7H26O7Si5. The lowest BCUT2D eigenvalue weighted by molar-refractivity contribution is 0.130. The molecule has 0 bridgehead atoms. The largest absolute Gasteiger partial charge is 0.535 e. The van der Waals surface area contributed by atoms with Gasteiger partial charge in [-0.1, -0.05) is 0 Å². The molecule has 0 aromatic rings. The Bertz CT molecular complexity index is 266. The van der Waals surface area contributed by atoms with E-state index < -0.39 is 42.8 Å². The van der Waals surface area contributed by atoms with Gasteiger partial charge in [-0.15, -0.1) is 0 Å². The Balaban J connectivity index is 5.25. The Morgan fingerprint density at radius 3 is 1.68 bits per heavy atom. The molecule has 0 saturated carbocycles. The minimum absolute atomic E-state index is 1.30. The van der Waals surface area contributed by atoms with Gasteiger partial charge in [0.2, 0.25) is 9.28 Å². The highest BCUT2D eigenvalue weighted by Crippen LogP contribution is 2.24. The first-order valence-electron chi connectivity index (χ1n) is 5.98. The fourth-order valence-corrected chi connectivity index (χ4v) is 28.9. The number of hydrogen-bond donors (Lipinski definition) is 2. The van der Waals surface area contributed by atoms with E-state index in [0.717, 1.165) is 0 Å². The molecule has 1 atom stereocenters. The Labute approximate surface area is 121 Å². The summed E-state index contributed by atoms with van der Waals surface area (Å²) in [7, 11) is -8.49. The van der Waals surface area contributed by atoms with E-state index in [-0.39, 0.29) is 0 Å². The quantitative estimate of drug-likeness (QED) is 0.491. The lowest BCUT2D eigenvalue weighted by atomic mass is 11.8. The molecule has 2 N–H and O–H groups in total. The fourth-order valence-electron chi connectivity index (χ4n) is 1.92. The van der Waals surface area contributed by atoms with Crippen molar-refractivity contribution in [1.82, 2.24) is 0 Å². The summed E-state index contributed by atoms with van der Waals surface area (Å²) < 4.78 is 27.6. The van der Waals surface area contributed by atoms with Crippen LogP contribution in [0.2, 0.25) is 26.2 Å². The molecule has 19 heavy (non-hydrogen) atoms. The van der Waals surface area contributed by atoms with E-state index in [4.69, 9.17) is 21.5 Å². The molecule has 0 aromatic carbocycles. The summed E-state index contributed by atoms with van der Waals surface area (Å²) in [5.74, 6) is 0. The molecular weight excluding hydrogens is 337 g/mol. The van der Waals surface area contributed by atoms with E-state index >= 15 is 0 Å². The van der Waals surface area contributed by atoms with Crippen molar-refractivity contribution in [3.8, 4) is 0 Å². The Morgan fingerprint density at radius 1 is 1.00 bits per heavy atom. The molecule has 0 spiro atoms. The van der Waals surface area contributed by atoms with Crippen molar-refractivity contribution in [3.63, 3.8) is 0 Å². The maximum atomic E-state index is 10.8. The zero-order chi connectivity index (χ0) is 15.3. The summed E-state index contributed by atoms with van der Waals surface area (Å²) >= 11 is 0. The molecule has 0 aromatic heterocycles. The second-order valence-corrected chi connectivity index (χ2v) is 25.8. The molecule has 1 unspecified atom stereocenters. The Hall–Kier alpha value is 0.804. The fraction of sp³-hybridized carbons (Fsp3) is 1.00. The van der Waals surface area contributed by atoms with Gasteiger partial charge < -0.3 is 31.1 Å².